The first-order valence-electron chi connectivity index (χ1n) is 14.4. The molecule has 0 unspecified atom stereocenters. The average molecular weight is 552 g/mol. The minimum Gasteiger partial charge on any atom is -0.213 e. The second kappa shape index (κ2) is 11.7. The highest BCUT2D eigenvalue weighted by Gasteiger charge is 2.12. The number of hydrogen-bond acceptors (Lipinski definition) is 3. The van der Waals surface area contributed by atoms with Crippen LogP contribution in [0.2, 0.25) is 0 Å². The van der Waals surface area contributed by atoms with Crippen LogP contribution in [0.1, 0.15) is 5.82 Å². The van der Waals surface area contributed by atoms with Gasteiger partial charge in [0.1, 0.15) is 5.82 Å². The van der Waals surface area contributed by atoms with Gasteiger partial charge in [-0.25, -0.2) is 15.0 Å². The van der Waals surface area contributed by atoms with Crippen LogP contribution in [0.3, 0.4) is 0 Å². The second-order valence-electron chi connectivity index (χ2n) is 10.6. The van der Waals surface area contributed by atoms with E-state index in [4.69, 9.17) is 15.0 Å². The molecule has 0 fully saturated rings. The SMILES string of the molecule is Cc1nc(-c2cccc(-c3cccc(-c4ccccc4)c3)c2)nc(-c2cccc(-c3cccc(-c4ccccc4)c3)c2)n1. The zero-order chi connectivity index (χ0) is 29.0. The molecule has 0 atom stereocenters. The molecule has 0 N–H and O–H groups in total. The van der Waals surface area contributed by atoms with Crippen molar-refractivity contribution >= 4 is 0 Å². The highest BCUT2D eigenvalue weighted by molar-refractivity contribution is 5.77. The van der Waals surface area contributed by atoms with E-state index >= 15 is 0 Å². The number of benzene rings is 6. The van der Waals surface area contributed by atoms with E-state index in [1.807, 2.05) is 19.1 Å². The highest BCUT2D eigenvalue weighted by atomic mass is 15.0. The summed E-state index contributed by atoms with van der Waals surface area (Å²) in [5.41, 5.74) is 11.2. The Kier molecular flexibility index (Phi) is 7.12. The first kappa shape index (κ1) is 26.2. The molecule has 3 heteroatoms. The number of hydrogen-bond donors (Lipinski definition) is 0. The van der Waals surface area contributed by atoms with Gasteiger partial charge in [0, 0.05) is 11.1 Å². The van der Waals surface area contributed by atoms with Crippen molar-refractivity contribution in [2.75, 3.05) is 0 Å². The van der Waals surface area contributed by atoms with Crippen LogP contribution in [-0.4, -0.2) is 15.0 Å². The van der Waals surface area contributed by atoms with E-state index in [2.05, 4.69) is 146 Å². The summed E-state index contributed by atoms with van der Waals surface area (Å²) in [6.45, 7) is 1.93. The Bertz CT molecular complexity index is 1890. The van der Waals surface area contributed by atoms with Gasteiger partial charge in [0.05, 0.1) is 0 Å². The van der Waals surface area contributed by atoms with Crippen LogP contribution in [0.5, 0.6) is 0 Å². The van der Waals surface area contributed by atoms with Crippen LogP contribution in [0, 0.1) is 6.92 Å². The van der Waals surface area contributed by atoms with Crippen LogP contribution < -0.4 is 0 Å². The second-order valence-corrected chi connectivity index (χ2v) is 10.6. The van der Waals surface area contributed by atoms with Gasteiger partial charge in [-0.1, -0.05) is 133 Å². The maximum Gasteiger partial charge on any atom is 0.163 e. The predicted octanol–water partition coefficient (Wildman–Crippen LogP) is 10.2. The molecule has 204 valence electrons. The summed E-state index contributed by atoms with van der Waals surface area (Å²) < 4.78 is 0. The summed E-state index contributed by atoms with van der Waals surface area (Å²) in [6, 6.07) is 55.1. The lowest BCUT2D eigenvalue weighted by molar-refractivity contribution is 0.992. The number of rotatable bonds is 6. The van der Waals surface area contributed by atoms with E-state index in [1.54, 1.807) is 0 Å². The third-order valence-corrected chi connectivity index (χ3v) is 7.59. The van der Waals surface area contributed by atoms with Gasteiger partial charge < -0.3 is 0 Å². The third-order valence-electron chi connectivity index (χ3n) is 7.59. The monoisotopic (exact) mass is 551 g/mol. The Morgan fingerprint density at radius 1 is 0.279 bits per heavy atom. The van der Waals surface area contributed by atoms with Crippen molar-refractivity contribution in [2.45, 2.75) is 6.92 Å². The summed E-state index contributed by atoms with van der Waals surface area (Å²) in [5, 5.41) is 0. The number of aryl methyl sites for hydroxylation is 1. The summed E-state index contributed by atoms with van der Waals surface area (Å²) in [6.07, 6.45) is 0. The molecule has 0 bridgehead atoms. The molecule has 1 aromatic heterocycles. The fourth-order valence-electron chi connectivity index (χ4n) is 5.43. The molecule has 0 aliphatic carbocycles. The summed E-state index contributed by atoms with van der Waals surface area (Å²) >= 11 is 0. The van der Waals surface area contributed by atoms with Crippen LogP contribution in [0.4, 0.5) is 0 Å². The Labute approximate surface area is 252 Å². The molecule has 0 amide bonds. The van der Waals surface area contributed by atoms with E-state index in [-0.39, 0.29) is 0 Å². The van der Waals surface area contributed by atoms with Gasteiger partial charge in [-0.05, 0) is 75.7 Å². The Hall–Kier alpha value is -5.67. The van der Waals surface area contributed by atoms with E-state index in [0.717, 1.165) is 33.4 Å². The minimum atomic E-state index is 0.667. The minimum absolute atomic E-state index is 0.667. The van der Waals surface area contributed by atoms with Crippen LogP contribution in [-0.2, 0) is 0 Å². The van der Waals surface area contributed by atoms with Gasteiger partial charge >= 0.3 is 0 Å². The molecule has 43 heavy (non-hydrogen) atoms. The Morgan fingerprint density at radius 2 is 0.558 bits per heavy atom. The van der Waals surface area contributed by atoms with Crippen molar-refractivity contribution in [1.29, 1.82) is 0 Å². The van der Waals surface area contributed by atoms with E-state index in [1.165, 1.54) is 22.3 Å². The fourth-order valence-corrected chi connectivity index (χ4v) is 5.43. The lowest BCUT2D eigenvalue weighted by Crippen LogP contribution is -1.99. The van der Waals surface area contributed by atoms with Gasteiger partial charge in [-0.15, -0.1) is 0 Å². The van der Waals surface area contributed by atoms with Crippen molar-refractivity contribution < 1.29 is 0 Å². The van der Waals surface area contributed by atoms with E-state index in [0.29, 0.717) is 17.5 Å². The van der Waals surface area contributed by atoms with Gasteiger partial charge in [0.25, 0.3) is 0 Å². The zero-order valence-electron chi connectivity index (χ0n) is 23.9. The zero-order valence-corrected chi connectivity index (χ0v) is 23.9. The first-order valence-corrected chi connectivity index (χ1v) is 14.4. The number of aromatic nitrogens is 3. The molecule has 7 aromatic rings. The Balaban J connectivity index is 1.22. The lowest BCUT2D eigenvalue weighted by Gasteiger charge is -2.10. The van der Waals surface area contributed by atoms with Gasteiger partial charge in [0.2, 0.25) is 0 Å². The molecule has 7 rings (SSSR count). The molecule has 0 aliphatic heterocycles. The maximum atomic E-state index is 4.95. The normalized spacial score (nSPS) is 10.9. The predicted molar refractivity (Wildman–Crippen MR) is 177 cm³/mol. The summed E-state index contributed by atoms with van der Waals surface area (Å²) in [4.78, 5) is 14.4. The maximum absolute atomic E-state index is 4.95. The quantitative estimate of drug-likeness (QED) is 0.206. The average Bonchev–Trinajstić information content (AvgIpc) is 3.09. The molecule has 6 aromatic carbocycles. The molecule has 1 heterocycles. The number of nitrogens with zero attached hydrogens (tertiary/aromatic N) is 3. The largest absolute Gasteiger partial charge is 0.213 e. The lowest BCUT2D eigenvalue weighted by atomic mass is 9.97. The van der Waals surface area contributed by atoms with Gasteiger partial charge in [-0.3, -0.25) is 0 Å². The molecule has 0 aliphatic rings. The first-order chi connectivity index (χ1) is 21.2. The molecule has 0 saturated heterocycles. The van der Waals surface area contributed by atoms with Crippen LogP contribution in [0.25, 0.3) is 67.3 Å². The molecule has 3 nitrogen and oxygen atoms in total. The third kappa shape index (κ3) is 5.74. The van der Waals surface area contributed by atoms with Crippen molar-refractivity contribution in [2.24, 2.45) is 0 Å². The smallest absolute Gasteiger partial charge is 0.163 e. The van der Waals surface area contributed by atoms with Crippen molar-refractivity contribution in [3.05, 3.63) is 164 Å². The summed E-state index contributed by atoms with van der Waals surface area (Å²) in [7, 11) is 0. The summed E-state index contributed by atoms with van der Waals surface area (Å²) in [5.74, 6) is 2.02. The van der Waals surface area contributed by atoms with Crippen LogP contribution >= 0.6 is 0 Å². The molecular formula is C40H29N3. The topological polar surface area (TPSA) is 38.7 Å². The standard InChI is InChI=1S/C40H29N3/c1-28-41-39(37-22-10-20-35(26-37)33-18-8-16-31(24-33)29-12-4-2-5-13-29)43-40(42-28)38-23-11-21-36(27-38)34-19-9-17-32(25-34)30-14-6-3-7-15-30/h2-27H,1H3. The van der Waals surface area contributed by atoms with Crippen molar-refractivity contribution in [3.63, 3.8) is 0 Å². The van der Waals surface area contributed by atoms with E-state index < -0.39 is 0 Å². The van der Waals surface area contributed by atoms with Gasteiger partial charge in [-0.2, -0.15) is 0 Å². The fraction of sp³-hybridized carbons (Fsp3) is 0.0250. The van der Waals surface area contributed by atoms with Crippen molar-refractivity contribution in [3.8, 4) is 67.3 Å². The molecule has 0 saturated carbocycles. The molecular weight excluding hydrogens is 522 g/mol. The Morgan fingerprint density at radius 3 is 0.930 bits per heavy atom. The van der Waals surface area contributed by atoms with Crippen LogP contribution in [0.15, 0.2) is 158 Å². The van der Waals surface area contributed by atoms with Crippen molar-refractivity contribution in [1.82, 2.24) is 15.0 Å². The highest BCUT2D eigenvalue weighted by Crippen LogP contribution is 2.31. The van der Waals surface area contributed by atoms with Gasteiger partial charge in [0.15, 0.2) is 11.6 Å². The van der Waals surface area contributed by atoms with E-state index in [9.17, 15) is 0 Å². The molecule has 0 radical (unpaired) electrons. The molecule has 0 spiro atoms.